The zero-order valence-corrected chi connectivity index (χ0v) is 13.9. The number of imidazole rings is 1. The molecule has 1 atom stereocenters. The predicted octanol–water partition coefficient (Wildman–Crippen LogP) is 2.92. The first-order valence-corrected chi connectivity index (χ1v) is 8.05. The maximum Gasteiger partial charge on any atom is 0.358 e. The number of aromatic nitrogens is 2. The van der Waals surface area contributed by atoms with E-state index in [2.05, 4.69) is 16.5 Å². The number of hydrogen-bond donors (Lipinski definition) is 0. The molecule has 6 heteroatoms. The lowest BCUT2D eigenvalue weighted by atomic mass is 10.2. The molecule has 6 nitrogen and oxygen atoms in total. The van der Waals surface area contributed by atoms with E-state index in [0.29, 0.717) is 25.5 Å². The zero-order valence-electron chi connectivity index (χ0n) is 13.9. The van der Waals surface area contributed by atoms with Gasteiger partial charge in [-0.1, -0.05) is 18.7 Å². The second-order valence-electron chi connectivity index (χ2n) is 5.33. The van der Waals surface area contributed by atoms with Crippen molar-refractivity contribution in [3.05, 3.63) is 54.6 Å². The Balaban J connectivity index is 2.04. The summed E-state index contributed by atoms with van der Waals surface area (Å²) in [7, 11) is 0. The van der Waals surface area contributed by atoms with Crippen molar-refractivity contribution in [1.29, 1.82) is 0 Å². The van der Waals surface area contributed by atoms with Crippen LogP contribution >= 0.6 is 0 Å². The molecule has 0 saturated carbocycles. The normalized spacial score (nSPS) is 13.8. The second-order valence-corrected chi connectivity index (χ2v) is 5.33. The molecule has 126 valence electrons. The number of nitrogens with zero attached hydrogens (tertiary/aromatic N) is 3. The molecule has 0 aliphatic carbocycles. The molecular weight excluding hydrogens is 306 g/mol. The first-order chi connectivity index (χ1) is 11.7. The van der Waals surface area contributed by atoms with Gasteiger partial charge in [0.25, 0.3) is 0 Å². The average molecular weight is 327 g/mol. The van der Waals surface area contributed by atoms with Gasteiger partial charge >= 0.3 is 5.97 Å². The highest BCUT2D eigenvalue weighted by Gasteiger charge is 2.29. The lowest BCUT2D eigenvalue weighted by Crippen LogP contribution is -2.39. The Labute approximate surface area is 141 Å². The standard InChI is InChI=1S/C18H21N3O3/c1-4-17(23-5-2)21-12-16-19-13(18(22)24-6-3)11-20(16)14-9-7-8-10-15(14)21/h4,7-11,17H,1,5-6,12H2,2-3H3. The molecule has 0 amide bonds. The number of benzene rings is 1. The van der Waals surface area contributed by atoms with Gasteiger partial charge < -0.3 is 14.4 Å². The van der Waals surface area contributed by atoms with Gasteiger partial charge in [-0.05, 0) is 32.1 Å². The van der Waals surface area contributed by atoms with Crippen LogP contribution in [0.3, 0.4) is 0 Å². The number of carbonyl (C=O) groups is 1. The molecule has 1 aliphatic rings. The zero-order chi connectivity index (χ0) is 17.1. The highest BCUT2D eigenvalue weighted by molar-refractivity contribution is 5.87. The number of anilines is 1. The third kappa shape index (κ3) is 2.80. The van der Waals surface area contributed by atoms with Crippen molar-refractivity contribution in [2.45, 2.75) is 26.6 Å². The van der Waals surface area contributed by atoms with Gasteiger partial charge in [-0.3, -0.25) is 4.57 Å². The summed E-state index contributed by atoms with van der Waals surface area (Å²) < 4.78 is 12.8. The molecule has 2 aromatic rings. The number of fused-ring (bicyclic) bond motifs is 3. The van der Waals surface area contributed by atoms with Gasteiger partial charge in [-0.25, -0.2) is 9.78 Å². The number of para-hydroxylation sites is 2. The molecule has 0 bridgehead atoms. The van der Waals surface area contributed by atoms with Crippen LogP contribution in [0.15, 0.2) is 43.1 Å². The fourth-order valence-electron chi connectivity index (χ4n) is 2.87. The van der Waals surface area contributed by atoms with E-state index in [-0.39, 0.29) is 6.23 Å². The van der Waals surface area contributed by atoms with Gasteiger partial charge in [-0.15, -0.1) is 0 Å². The highest BCUT2D eigenvalue weighted by atomic mass is 16.5. The van der Waals surface area contributed by atoms with Crippen molar-refractivity contribution in [2.24, 2.45) is 0 Å². The van der Waals surface area contributed by atoms with Crippen molar-refractivity contribution in [3.63, 3.8) is 0 Å². The van der Waals surface area contributed by atoms with Gasteiger partial charge in [0.05, 0.1) is 24.5 Å². The van der Waals surface area contributed by atoms with Crippen LogP contribution in [-0.4, -0.2) is 35.0 Å². The molecule has 1 aromatic carbocycles. The second kappa shape index (κ2) is 6.88. The molecule has 1 aromatic heterocycles. The van der Waals surface area contributed by atoms with Crippen LogP contribution in [0.4, 0.5) is 5.69 Å². The minimum absolute atomic E-state index is 0.257. The largest absolute Gasteiger partial charge is 0.461 e. The van der Waals surface area contributed by atoms with Crippen LogP contribution in [0.5, 0.6) is 0 Å². The maximum atomic E-state index is 12.0. The molecule has 0 radical (unpaired) electrons. The van der Waals surface area contributed by atoms with E-state index in [0.717, 1.165) is 17.2 Å². The smallest absolute Gasteiger partial charge is 0.358 e. The lowest BCUT2D eigenvalue weighted by molar-refractivity contribution is 0.0520. The first-order valence-electron chi connectivity index (χ1n) is 8.05. The quantitative estimate of drug-likeness (QED) is 0.603. The molecule has 0 fully saturated rings. The summed E-state index contributed by atoms with van der Waals surface area (Å²) in [4.78, 5) is 18.5. The highest BCUT2D eigenvalue weighted by Crippen LogP contribution is 2.33. The third-order valence-corrected chi connectivity index (χ3v) is 3.87. The van der Waals surface area contributed by atoms with E-state index >= 15 is 0 Å². The van der Waals surface area contributed by atoms with Gasteiger partial charge in [0.1, 0.15) is 12.1 Å². The Hall–Kier alpha value is -2.60. The van der Waals surface area contributed by atoms with Gasteiger partial charge in [-0.2, -0.15) is 0 Å². The summed E-state index contributed by atoms with van der Waals surface area (Å²) in [6.07, 6.45) is 3.24. The van der Waals surface area contributed by atoms with Crippen LogP contribution in [0, 0.1) is 0 Å². The van der Waals surface area contributed by atoms with Gasteiger partial charge in [0, 0.05) is 12.8 Å². The summed E-state index contributed by atoms with van der Waals surface area (Å²) in [5, 5.41) is 0. The fourth-order valence-corrected chi connectivity index (χ4v) is 2.87. The lowest BCUT2D eigenvalue weighted by Gasteiger charge is -2.36. The Morgan fingerprint density at radius 3 is 2.75 bits per heavy atom. The third-order valence-electron chi connectivity index (χ3n) is 3.87. The molecule has 2 heterocycles. The summed E-state index contributed by atoms with van der Waals surface area (Å²) in [6, 6.07) is 7.96. The monoisotopic (exact) mass is 327 g/mol. The van der Waals surface area contributed by atoms with E-state index in [4.69, 9.17) is 9.47 Å². The number of carbonyl (C=O) groups excluding carboxylic acids is 1. The van der Waals surface area contributed by atoms with E-state index in [1.807, 2.05) is 35.8 Å². The van der Waals surface area contributed by atoms with Crippen molar-refractivity contribution in [1.82, 2.24) is 9.55 Å². The molecule has 0 spiro atoms. The Kier molecular flexibility index (Phi) is 4.66. The molecule has 0 saturated heterocycles. The number of esters is 1. The maximum absolute atomic E-state index is 12.0. The Morgan fingerprint density at radius 2 is 2.08 bits per heavy atom. The summed E-state index contributed by atoms with van der Waals surface area (Å²) in [5.74, 6) is 0.358. The van der Waals surface area contributed by atoms with Crippen molar-refractivity contribution in [3.8, 4) is 5.69 Å². The number of hydrogen-bond acceptors (Lipinski definition) is 5. The molecule has 24 heavy (non-hydrogen) atoms. The van der Waals surface area contributed by atoms with Gasteiger partial charge in [0.2, 0.25) is 0 Å². The molecule has 0 N–H and O–H groups in total. The SMILES string of the molecule is C=CC(OCC)N1Cc2nc(C(=O)OCC)cn2-c2ccccc21. The van der Waals surface area contributed by atoms with Crippen LogP contribution in [0.25, 0.3) is 5.69 Å². The summed E-state index contributed by atoms with van der Waals surface area (Å²) in [6.45, 7) is 9.03. The number of ether oxygens (including phenoxy) is 2. The molecular formula is C18H21N3O3. The average Bonchev–Trinajstić information content (AvgIpc) is 3.04. The summed E-state index contributed by atoms with van der Waals surface area (Å²) >= 11 is 0. The first kappa shape index (κ1) is 16.3. The van der Waals surface area contributed by atoms with Crippen molar-refractivity contribution < 1.29 is 14.3 Å². The topological polar surface area (TPSA) is 56.6 Å². The summed E-state index contributed by atoms with van der Waals surface area (Å²) in [5.41, 5.74) is 2.28. The van der Waals surface area contributed by atoms with Crippen LogP contribution in [-0.2, 0) is 16.0 Å². The minimum atomic E-state index is -0.409. The molecule has 1 aliphatic heterocycles. The Bertz CT molecular complexity index is 754. The van der Waals surface area contributed by atoms with Crippen LogP contribution in [0.1, 0.15) is 30.2 Å². The number of rotatable bonds is 6. The molecule has 1 unspecified atom stereocenters. The van der Waals surface area contributed by atoms with E-state index < -0.39 is 5.97 Å². The van der Waals surface area contributed by atoms with Crippen molar-refractivity contribution in [2.75, 3.05) is 18.1 Å². The molecule has 3 rings (SSSR count). The minimum Gasteiger partial charge on any atom is -0.461 e. The Morgan fingerprint density at radius 1 is 1.33 bits per heavy atom. The van der Waals surface area contributed by atoms with E-state index in [9.17, 15) is 4.79 Å². The van der Waals surface area contributed by atoms with Crippen LogP contribution < -0.4 is 4.90 Å². The van der Waals surface area contributed by atoms with Gasteiger partial charge in [0.15, 0.2) is 5.69 Å². The fraction of sp³-hybridized carbons (Fsp3) is 0.333. The van der Waals surface area contributed by atoms with Crippen molar-refractivity contribution >= 4 is 11.7 Å². The van der Waals surface area contributed by atoms with E-state index in [1.54, 1.807) is 19.2 Å². The predicted molar refractivity (Wildman–Crippen MR) is 91.3 cm³/mol. The van der Waals surface area contributed by atoms with Crippen LogP contribution in [0.2, 0.25) is 0 Å². The van der Waals surface area contributed by atoms with E-state index in [1.165, 1.54) is 0 Å².